The van der Waals surface area contributed by atoms with Crippen molar-refractivity contribution in [1.29, 1.82) is 0 Å². The van der Waals surface area contributed by atoms with E-state index in [9.17, 15) is 13.2 Å². The average molecular weight is 326 g/mol. The van der Waals surface area contributed by atoms with Gasteiger partial charge in [0, 0.05) is 12.1 Å². The summed E-state index contributed by atoms with van der Waals surface area (Å²) in [5, 5.41) is 2.85. The Kier molecular flexibility index (Phi) is 6.00. The highest BCUT2D eigenvalue weighted by molar-refractivity contribution is 7.92. The molecule has 0 saturated heterocycles. The topological polar surface area (TPSA) is 75.3 Å². The molecule has 0 spiro atoms. The summed E-state index contributed by atoms with van der Waals surface area (Å²) in [6.07, 6.45) is 0.953. The molecule has 0 aromatic heterocycles. The Bertz CT molecular complexity index is 631. The minimum atomic E-state index is -3.34. The van der Waals surface area contributed by atoms with Crippen LogP contribution in [0.1, 0.15) is 46.1 Å². The molecule has 0 heterocycles. The van der Waals surface area contributed by atoms with E-state index in [0.717, 1.165) is 0 Å². The quantitative estimate of drug-likeness (QED) is 0.840. The zero-order valence-electron chi connectivity index (χ0n) is 14.0. The third-order valence-corrected chi connectivity index (χ3v) is 4.51. The number of amides is 1. The molecule has 0 bridgehead atoms. The van der Waals surface area contributed by atoms with Crippen LogP contribution in [0.3, 0.4) is 0 Å². The number of anilines is 2. The largest absolute Gasteiger partial charge is 0.326 e. The molecule has 0 fully saturated rings. The molecular formula is C16H26N2O3S. The van der Waals surface area contributed by atoms with Gasteiger partial charge in [0.1, 0.15) is 0 Å². The first-order chi connectivity index (χ1) is 10.0. The van der Waals surface area contributed by atoms with E-state index in [2.05, 4.69) is 10.0 Å². The SMILES string of the molecule is CCCS(=O)(=O)Nc1cccc(NC(=O)CC(C)(C)C)c1C. The van der Waals surface area contributed by atoms with Crippen LogP contribution in [0.4, 0.5) is 11.4 Å². The lowest BCUT2D eigenvalue weighted by atomic mass is 9.92. The zero-order valence-corrected chi connectivity index (χ0v) is 14.8. The maximum atomic E-state index is 12.0. The minimum Gasteiger partial charge on any atom is -0.326 e. The lowest BCUT2D eigenvalue weighted by Gasteiger charge is -2.19. The molecule has 0 aliphatic heterocycles. The standard InChI is InChI=1S/C16H26N2O3S/c1-6-10-22(20,21)18-14-9-7-8-13(12(14)2)17-15(19)11-16(3,4)5/h7-9,18H,6,10-11H2,1-5H3,(H,17,19). The van der Waals surface area contributed by atoms with Gasteiger partial charge < -0.3 is 5.32 Å². The summed E-state index contributed by atoms with van der Waals surface area (Å²) < 4.78 is 26.3. The first-order valence-electron chi connectivity index (χ1n) is 7.44. The van der Waals surface area contributed by atoms with Gasteiger partial charge in [-0.25, -0.2) is 8.42 Å². The lowest BCUT2D eigenvalue weighted by molar-refractivity contribution is -0.117. The fraction of sp³-hybridized carbons (Fsp3) is 0.562. The second kappa shape index (κ2) is 7.13. The van der Waals surface area contributed by atoms with Gasteiger partial charge in [0.25, 0.3) is 0 Å². The molecule has 0 atom stereocenters. The van der Waals surface area contributed by atoms with Gasteiger partial charge in [0.2, 0.25) is 15.9 Å². The maximum absolute atomic E-state index is 12.0. The molecule has 6 heteroatoms. The van der Waals surface area contributed by atoms with Crippen molar-refractivity contribution in [1.82, 2.24) is 0 Å². The number of rotatable bonds is 6. The van der Waals surface area contributed by atoms with Crippen LogP contribution >= 0.6 is 0 Å². The highest BCUT2D eigenvalue weighted by atomic mass is 32.2. The Morgan fingerprint density at radius 3 is 2.32 bits per heavy atom. The van der Waals surface area contributed by atoms with E-state index in [4.69, 9.17) is 0 Å². The normalized spacial score (nSPS) is 12.0. The summed E-state index contributed by atoms with van der Waals surface area (Å²) >= 11 is 0. The number of sulfonamides is 1. The fourth-order valence-corrected chi connectivity index (χ4v) is 3.24. The van der Waals surface area contributed by atoms with Crippen LogP contribution in [0.15, 0.2) is 18.2 Å². The van der Waals surface area contributed by atoms with E-state index >= 15 is 0 Å². The highest BCUT2D eigenvalue weighted by Crippen LogP contribution is 2.26. The highest BCUT2D eigenvalue weighted by Gasteiger charge is 2.17. The van der Waals surface area contributed by atoms with Gasteiger partial charge in [-0.15, -0.1) is 0 Å². The lowest BCUT2D eigenvalue weighted by Crippen LogP contribution is -2.21. The van der Waals surface area contributed by atoms with Crippen LogP contribution in [0.25, 0.3) is 0 Å². The Labute approximate surface area is 133 Å². The van der Waals surface area contributed by atoms with Crippen LogP contribution in [-0.2, 0) is 14.8 Å². The molecule has 124 valence electrons. The van der Waals surface area contributed by atoms with Crippen LogP contribution < -0.4 is 10.0 Å². The second-order valence-corrected chi connectivity index (χ2v) is 8.53. The molecule has 22 heavy (non-hydrogen) atoms. The number of benzene rings is 1. The summed E-state index contributed by atoms with van der Waals surface area (Å²) in [5.74, 6) is -0.00304. The second-order valence-electron chi connectivity index (χ2n) is 6.68. The molecule has 1 rings (SSSR count). The molecule has 1 amide bonds. The van der Waals surface area contributed by atoms with Crippen LogP contribution in [-0.4, -0.2) is 20.1 Å². The Morgan fingerprint density at radius 1 is 1.18 bits per heavy atom. The number of hydrogen-bond donors (Lipinski definition) is 2. The van der Waals surface area contributed by atoms with E-state index in [1.165, 1.54) is 0 Å². The first kappa shape index (κ1) is 18.5. The average Bonchev–Trinajstić information content (AvgIpc) is 2.31. The van der Waals surface area contributed by atoms with Crippen molar-refractivity contribution in [3.05, 3.63) is 23.8 Å². The van der Waals surface area contributed by atoms with Gasteiger partial charge >= 0.3 is 0 Å². The zero-order chi connectivity index (χ0) is 17.0. The molecule has 0 unspecified atom stereocenters. The maximum Gasteiger partial charge on any atom is 0.232 e. The van der Waals surface area contributed by atoms with Crippen molar-refractivity contribution in [2.24, 2.45) is 5.41 Å². The Balaban J connectivity index is 2.92. The van der Waals surface area contributed by atoms with Gasteiger partial charge in [0.05, 0.1) is 11.4 Å². The fourth-order valence-electron chi connectivity index (χ4n) is 2.04. The molecule has 0 aliphatic carbocycles. The van der Waals surface area contributed by atoms with Crippen LogP contribution in [0.2, 0.25) is 0 Å². The van der Waals surface area contributed by atoms with Gasteiger partial charge in [-0.1, -0.05) is 33.8 Å². The Hall–Kier alpha value is -1.56. The van der Waals surface area contributed by atoms with Crippen molar-refractivity contribution in [2.75, 3.05) is 15.8 Å². The molecule has 0 radical (unpaired) electrons. The summed E-state index contributed by atoms with van der Waals surface area (Å²) in [5.41, 5.74) is 1.75. The molecule has 1 aromatic rings. The van der Waals surface area contributed by atoms with E-state index in [0.29, 0.717) is 29.8 Å². The molecule has 0 aliphatic rings. The van der Waals surface area contributed by atoms with Crippen molar-refractivity contribution in [3.8, 4) is 0 Å². The van der Waals surface area contributed by atoms with Crippen molar-refractivity contribution >= 4 is 27.3 Å². The molecular weight excluding hydrogens is 300 g/mol. The van der Waals surface area contributed by atoms with Crippen molar-refractivity contribution in [2.45, 2.75) is 47.5 Å². The van der Waals surface area contributed by atoms with Gasteiger partial charge in [-0.3, -0.25) is 9.52 Å². The summed E-state index contributed by atoms with van der Waals surface area (Å²) in [7, 11) is -3.34. The van der Waals surface area contributed by atoms with Crippen LogP contribution in [0, 0.1) is 12.3 Å². The molecule has 1 aromatic carbocycles. The third-order valence-electron chi connectivity index (χ3n) is 3.04. The van der Waals surface area contributed by atoms with E-state index in [1.807, 2.05) is 27.7 Å². The third kappa shape index (κ3) is 6.05. The van der Waals surface area contributed by atoms with E-state index in [1.54, 1.807) is 25.1 Å². The summed E-state index contributed by atoms with van der Waals surface area (Å²) in [6.45, 7) is 9.59. The molecule has 2 N–H and O–H groups in total. The van der Waals surface area contributed by atoms with Gasteiger partial charge in [0.15, 0.2) is 0 Å². The number of hydrogen-bond acceptors (Lipinski definition) is 3. The summed E-state index contributed by atoms with van der Waals surface area (Å²) in [6, 6.07) is 5.19. The number of nitrogens with one attached hydrogen (secondary N) is 2. The number of carbonyl (C=O) groups excluding carboxylic acids is 1. The van der Waals surface area contributed by atoms with Gasteiger partial charge in [-0.2, -0.15) is 0 Å². The summed E-state index contributed by atoms with van der Waals surface area (Å²) in [4.78, 5) is 12.0. The van der Waals surface area contributed by atoms with E-state index < -0.39 is 10.0 Å². The van der Waals surface area contributed by atoms with E-state index in [-0.39, 0.29) is 17.1 Å². The number of carbonyl (C=O) groups is 1. The monoisotopic (exact) mass is 326 g/mol. The van der Waals surface area contributed by atoms with Gasteiger partial charge in [-0.05, 0) is 36.5 Å². The van der Waals surface area contributed by atoms with Crippen molar-refractivity contribution < 1.29 is 13.2 Å². The Morgan fingerprint density at radius 2 is 1.77 bits per heavy atom. The molecule has 5 nitrogen and oxygen atoms in total. The smallest absolute Gasteiger partial charge is 0.232 e. The predicted octanol–water partition coefficient (Wildman–Crippen LogP) is 3.52. The van der Waals surface area contributed by atoms with Crippen molar-refractivity contribution in [3.63, 3.8) is 0 Å². The predicted molar refractivity (Wildman–Crippen MR) is 91.6 cm³/mol. The van der Waals surface area contributed by atoms with Crippen LogP contribution in [0.5, 0.6) is 0 Å². The minimum absolute atomic E-state index is 0.0764. The first-order valence-corrected chi connectivity index (χ1v) is 9.09. The molecule has 0 saturated carbocycles.